The van der Waals surface area contributed by atoms with E-state index in [0.717, 1.165) is 11.1 Å². The first kappa shape index (κ1) is 23.5. The molecule has 3 amide bonds. The van der Waals surface area contributed by atoms with Gasteiger partial charge in [-0.3, -0.25) is 14.4 Å². The number of hydrogen-bond donors (Lipinski definition) is 2. The van der Waals surface area contributed by atoms with Gasteiger partial charge in [0.15, 0.2) is 0 Å². The van der Waals surface area contributed by atoms with E-state index < -0.39 is 0 Å². The fourth-order valence-electron chi connectivity index (χ4n) is 3.82. The highest BCUT2D eigenvalue weighted by Crippen LogP contribution is 2.24. The third kappa shape index (κ3) is 5.46. The van der Waals surface area contributed by atoms with Crippen LogP contribution in [-0.4, -0.2) is 65.4 Å². The Bertz CT molecular complexity index is 1190. The second-order valence-electron chi connectivity index (χ2n) is 7.96. The van der Waals surface area contributed by atoms with E-state index in [-0.39, 0.29) is 30.0 Å². The molecule has 0 atom stereocenters. The molecule has 0 aliphatic carbocycles. The number of carbonyl (C=O) groups excluding carboxylic acids is 3. The molecule has 3 aromatic rings. The first-order chi connectivity index (χ1) is 16.4. The van der Waals surface area contributed by atoms with Crippen LogP contribution in [-0.2, 0) is 4.79 Å². The van der Waals surface area contributed by atoms with Crippen molar-refractivity contribution in [2.45, 2.75) is 0 Å². The molecule has 8 heteroatoms. The molecule has 0 aromatic heterocycles. The standard InChI is InChI=1S/C26H24BrN3O4/c27-23-11-10-21(31)16-22(23)26(34)30-14-12-29(13-15-30)24(32)17-28-25(33)20-8-6-19(7-9-20)18-4-2-1-3-5-18/h1-11,16,31H,12-15,17H2,(H,28,33). The number of phenols is 1. The molecule has 1 saturated heterocycles. The molecular weight excluding hydrogens is 498 g/mol. The van der Waals surface area contributed by atoms with Crippen LogP contribution >= 0.6 is 15.9 Å². The van der Waals surface area contributed by atoms with E-state index in [9.17, 15) is 19.5 Å². The van der Waals surface area contributed by atoms with Crippen molar-refractivity contribution in [3.05, 3.63) is 88.4 Å². The summed E-state index contributed by atoms with van der Waals surface area (Å²) < 4.78 is 0.605. The lowest BCUT2D eigenvalue weighted by Crippen LogP contribution is -2.52. The van der Waals surface area contributed by atoms with Crippen molar-refractivity contribution in [3.8, 4) is 16.9 Å². The van der Waals surface area contributed by atoms with Gasteiger partial charge in [0.2, 0.25) is 5.91 Å². The summed E-state index contributed by atoms with van der Waals surface area (Å²) >= 11 is 3.34. The summed E-state index contributed by atoms with van der Waals surface area (Å²) in [4.78, 5) is 41.1. The highest BCUT2D eigenvalue weighted by atomic mass is 79.9. The van der Waals surface area contributed by atoms with E-state index in [4.69, 9.17) is 0 Å². The molecule has 34 heavy (non-hydrogen) atoms. The number of phenolic OH excluding ortho intramolecular Hbond substituents is 1. The number of aromatic hydroxyl groups is 1. The van der Waals surface area contributed by atoms with Crippen molar-refractivity contribution >= 4 is 33.7 Å². The molecular formula is C26H24BrN3O4. The van der Waals surface area contributed by atoms with Gasteiger partial charge in [-0.15, -0.1) is 0 Å². The van der Waals surface area contributed by atoms with Gasteiger partial charge in [0.05, 0.1) is 12.1 Å². The van der Waals surface area contributed by atoms with Crippen LogP contribution in [0.3, 0.4) is 0 Å². The van der Waals surface area contributed by atoms with E-state index >= 15 is 0 Å². The minimum absolute atomic E-state index is 0.0193. The Morgan fingerprint density at radius 2 is 1.44 bits per heavy atom. The molecule has 4 rings (SSSR count). The van der Waals surface area contributed by atoms with Gasteiger partial charge in [0.1, 0.15) is 5.75 Å². The average Bonchev–Trinajstić information content (AvgIpc) is 2.88. The number of halogens is 1. The van der Waals surface area contributed by atoms with Crippen LogP contribution in [0.15, 0.2) is 77.3 Å². The van der Waals surface area contributed by atoms with E-state index in [1.807, 2.05) is 42.5 Å². The number of piperazine rings is 1. The summed E-state index contributed by atoms with van der Waals surface area (Å²) in [6.07, 6.45) is 0. The van der Waals surface area contributed by atoms with E-state index in [2.05, 4.69) is 21.2 Å². The zero-order chi connectivity index (χ0) is 24.1. The summed E-state index contributed by atoms with van der Waals surface area (Å²) in [7, 11) is 0. The van der Waals surface area contributed by atoms with Gasteiger partial charge in [0, 0.05) is 36.2 Å². The monoisotopic (exact) mass is 521 g/mol. The topological polar surface area (TPSA) is 90.0 Å². The Labute approximate surface area is 206 Å². The number of amides is 3. The Hall–Kier alpha value is -3.65. The van der Waals surface area contributed by atoms with Crippen LogP contribution in [0, 0.1) is 0 Å². The molecule has 2 N–H and O–H groups in total. The van der Waals surface area contributed by atoms with Crippen molar-refractivity contribution in [1.82, 2.24) is 15.1 Å². The minimum Gasteiger partial charge on any atom is -0.508 e. The van der Waals surface area contributed by atoms with Crippen LogP contribution in [0.25, 0.3) is 11.1 Å². The normalized spacial score (nSPS) is 13.4. The molecule has 0 spiro atoms. The molecule has 0 bridgehead atoms. The third-order valence-corrected chi connectivity index (χ3v) is 6.45. The van der Waals surface area contributed by atoms with Gasteiger partial charge >= 0.3 is 0 Å². The van der Waals surface area contributed by atoms with Crippen LogP contribution in [0.1, 0.15) is 20.7 Å². The van der Waals surface area contributed by atoms with Crippen LogP contribution < -0.4 is 5.32 Å². The van der Waals surface area contributed by atoms with Crippen molar-refractivity contribution in [2.75, 3.05) is 32.7 Å². The number of hydrogen-bond acceptors (Lipinski definition) is 4. The Kier molecular flexibility index (Phi) is 7.27. The quantitative estimate of drug-likeness (QED) is 0.537. The molecule has 0 saturated carbocycles. The van der Waals surface area contributed by atoms with Crippen LogP contribution in [0.5, 0.6) is 5.75 Å². The predicted octanol–water partition coefficient (Wildman–Crippen LogP) is 3.54. The molecule has 3 aromatic carbocycles. The number of nitrogens with one attached hydrogen (secondary N) is 1. The maximum absolute atomic E-state index is 12.8. The molecule has 1 aliphatic rings. The van der Waals surface area contributed by atoms with Crippen LogP contribution in [0.4, 0.5) is 0 Å². The smallest absolute Gasteiger partial charge is 0.255 e. The largest absolute Gasteiger partial charge is 0.508 e. The SMILES string of the molecule is O=C(NCC(=O)N1CCN(C(=O)c2cc(O)ccc2Br)CC1)c1ccc(-c2ccccc2)cc1. The summed E-state index contributed by atoms with van der Waals surface area (Å²) in [5.41, 5.74) is 2.95. The Balaban J connectivity index is 1.27. The van der Waals surface area contributed by atoms with Crippen molar-refractivity contribution in [3.63, 3.8) is 0 Å². The highest BCUT2D eigenvalue weighted by Gasteiger charge is 2.26. The molecule has 1 fully saturated rings. The van der Waals surface area contributed by atoms with Gasteiger partial charge in [0.25, 0.3) is 11.8 Å². The molecule has 1 heterocycles. The summed E-state index contributed by atoms with van der Waals surface area (Å²) in [6.45, 7) is 1.40. The number of rotatable bonds is 5. The van der Waals surface area contributed by atoms with Gasteiger partial charge in [-0.25, -0.2) is 0 Å². The second kappa shape index (κ2) is 10.5. The Morgan fingerprint density at radius 1 is 0.824 bits per heavy atom. The van der Waals surface area contributed by atoms with Crippen molar-refractivity contribution in [2.24, 2.45) is 0 Å². The Morgan fingerprint density at radius 3 is 2.12 bits per heavy atom. The molecule has 7 nitrogen and oxygen atoms in total. The lowest BCUT2D eigenvalue weighted by Gasteiger charge is -2.35. The van der Waals surface area contributed by atoms with E-state index in [0.29, 0.717) is 41.8 Å². The van der Waals surface area contributed by atoms with Crippen molar-refractivity contribution in [1.29, 1.82) is 0 Å². The van der Waals surface area contributed by atoms with E-state index in [1.54, 1.807) is 28.0 Å². The number of nitrogens with zero attached hydrogens (tertiary/aromatic N) is 2. The fourth-order valence-corrected chi connectivity index (χ4v) is 4.24. The third-order valence-electron chi connectivity index (χ3n) is 5.75. The first-order valence-electron chi connectivity index (χ1n) is 10.9. The molecule has 174 valence electrons. The number of benzene rings is 3. The van der Waals surface area contributed by atoms with Gasteiger partial charge in [-0.2, -0.15) is 0 Å². The maximum atomic E-state index is 12.8. The van der Waals surface area contributed by atoms with Crippen molar-refractivity contribution < 1.29 is 19.5 Å². The zero-order valence-electron chi connectivity index (χ0n) is 18.4. The highest BCUT2D eigenvalue weighted by molar-refractivity contribution is 9.10. The lowest BCUT2D eigenvalue weighted by atomic mass is 10.0. The zero-order valence-corrected chi connectivity index (χ0v) is 20.0. The summed E-state index contributed by atoms with van der Waals surface area (Å²) in [6, 6.07) is 21.7. The first-order valence-corrected chi connectivity index (χ1v) is 11.7. The molecule has 0 unspecified atom stereocenters. The lowest BCUT2D eigenvalue weighted by molar-refractivity contribution is -0.131. The summed E-state index contributed by atoms with van der Waals surface area (Å²) in [5.74, 6) is -0.691. The molecule has 0 radical (unpaired) electrons. The molecule has 1 aliphatic heterocycles. The second-order valence-corrected chi connectivity index (χ2v) is 8.82. The van der Waals surface area contributed by atoms with E-state index in [1.165, 1.54) is 12.1 Å². The maximum Gasteiger partial charge on any atom is 0.255 e. The number of carbonyl (C=O) groups is 3. The van der Waals surface area contributed by atoms with Gasteiger partial charge < -0.3 is 20.2 Å². The van der Waals surface area contributed by atoms with Gasteiger partial charge in [-0.1, -0.05) is 42.5 Å². The fraction of sp³-hybridized carbons (Fsp3) is 0.192. The van der Waals surface area contributed by atoms with Crippen LogP contribution in [0.2, 0.25) is 0 Å². The average molecular weight is 522 g/mol. The predicted molar refractivity (Wildman–Crippen MR) is 133 cm³/mol. The summed E-state index contributed by atoms with van der Waals surface area (Å²) in [5, 5.41) is 12.4. The van der Waals surface area contributed by atoms with Gasteiger partial charge in [-0.05, 0) is 57.4 Å². The minimum atomic E-state index is -0.310.